The predicted molar refractivity (Wildman–Crippen MR) is 109 cm³/mol. The third-order valence-corrected chi connectivity index (χ3v) is 6.02. The second-order valence-electron chi connectivity index (χ2n) is 6.92. The average molecular weight is 416 g/mol. The van der Waals surface area contributed by atoms with Gasteiger partial charge in [0.05, 0.1) is 21.2 Å². The molecule has 3 unspecified atom stereocenters. The zero-order valence-electron chi connectivity index (χ0n) is 14.5. The van der Waals surface area contributed by atoms with Crippen LogP contribution in [-0.2, 0) is 4.79 Å². The number of nitrogens with one attached hydrogen (secondary N) is 3. The smallest absolute Gasteiger partial charge is 0.235 e. The number of piperidine rings is 1. The van der Waals surface area contributed by atoms with E-state index < -0.39 is 12.1 Å². The van der Waals surface area contributed by atoms with Gasteiger partial charge in [-0.2, -0.15) is 0 Å². The fourth-order valence-electron chi connectivity index (χ4n) is 3.27. The molecule has 5 N–H and O–H groups in total. The van der Waals surface area contributed by atoms with E-state index in [9.17, 15) is 4.79 Å². The molecule has 0 spiro atoms. The molecular weight excluding hydrogens is 393 g/mol. The van der Waals surface area contributed by atoms with Crippen LogP contribution in [0.15, 0.2) is 18.2 Å². The molecule has 2 heterocycles. The number of rotatable bonds is 3. The number of carbonyl (C=O) groups excluding carboxylic acids is 1. The Morgan fingerprint density at radius 2 is 2.00 bits per heavy atom. The van der Waals surface area contributed by atoms with Crippen molar-refractivity contribution in [2.45, 2.75) is 32.2 Å². The lowest BCUT2D eigenvalue weighted by Crippen LogP contribution is -2.71. The molecule has 3 rings (SSSR count). The van der Waals surface area contributed by atoms with E-state index >= 15 is 0 Å². The van der Waals surface area contributed by atoms with Crippen molar-refractivity contribution >= 4 is 52.0 Å². The Hall–Kier alpha value is -0.960. The maximum absolute atomic E-state index is 12.6. The summed E-state index contributed by atoms with van der Waals surface area (Å²) in [6.45, 7) is 4.12. The van der Waals surface area contributed by atoms with Crippen molar-refractivity contribution < 1.29 is 4.79 Å². The molecule has 0 radical (unpaired) electrons. The molecule has 3 atom stereocenters. The number of nitrogens with two attached hydrogens (primary N) is 1. The number of carbonyl (C=O) groups is 1. The van der Waals surface area contributed by atoms with Gasteiger partial charge < -0.3 is 16.4 Å². The Bertz CT molecular complexity index is 696. The highest BCUT2D eigenvalue weighted by Gasteiger charge is 2.39. The third kappa shape index (κ3) is 4.47. The minimum absolute atomic E-state index is 0.183. The van der Waals surface area contributed by atoms with Gasteiger partial charge in [-0.15, -0.1) is 0 Å². The summed E-state index contributed by atoms with van der Waals surface area (Å²) in [5, 5.41) is 10.2. The van der Waals surface area contributed by atoms with E-state index in [0.717, 1.165) is 31.8 Å². The summed E-state index contributed by atoms with van der Waals surface area (Å²) >= 11 is 17.4. The Kier molecular flexibility index (Phi) is 6.37. The van der Waals surface area contributed by atoms with Crippen LogP contribution in [0.1, 0.15) is 19.8 Å². The molecule has 2 fully saturated rings. The minimum atomic E-state index is -0.667. The molecule has 2 saturated heterocycles. The van der Waals surface area contributed by atoms with Crippen molar-refractivity contribution in [3.05, 3.63) is 28.2 Å². The molecule has 0 saturated carbocycles. The van der Waals surface area contributed by atoms with Gasteiger partial charge in [0.2, 0.25) is 5.91 Å². The average Bonchev–Trinajstić information content (AvgIpc) is 2.58. The Labute approximate surface area is 168 Å². The van der Waals surface area contributed by atoms with Crippen LogP contribution in [0.2, 0.25) is 10.0 Å². The molecule has 2 aliphatic rings. The largest absolute Gasteiger partial charge is 0.349 e. The summed E-state index contributed by atoms with van der Waals surface area (Å²) in [7, 11) is 0. The topological polar surface area (TPSA) is 82.4 Å². The second kappa shape index (κ2) is 8.37. The van der Waals surface area contributed by atoms with Crippen molar-refractivity contribution in [1.82, 2.24) is 15.5 Å². The first-order valence-electron chi connectivity index (χ1n) is 8.67. The van der Waals surface area contributed by atoms with Crippen molar-refractivity contribution in [3.63, 3.8) is 0 Å². The summed E-state index contributed by atoms with van der Waals surface area (Å²) in [6.07, 6.45) is 1.40. The number of nitrogens with zero attached hydrogens (tertiary/aromatic N) is 1. The zero-order chi connectivity index (χ0) is 18.8. The highest BCUT2D eigenvalue weighted by Crippen LogP contribution is 2.26. The first-order chi connectivity index (χ1) is 12.3. The summed E-state index contributed by atoms with van der Waals surface area (Å²) in [5.74, 6) is -0.133. The molecule has 9 heteroatoms. The van der Waals surface area contributed by atoms with Gasteiger partial charge in [-0.25, -0.2) is 0 Å². The number of thiocarbonyl (C=S) groups is 1. The van der Waals surface area contributed by atoms with E-state index in [1.54, 1.807) is 18.2 Å². The Morgan fingerprint density at radius 1 is 1.31 bits per heavy atom. The number of anilines is 1. The minimum Gasteiger partial charge on any atom is -0.349 e. The Balaban J connectivity index is 1.63. The molecule has 0 bridgehead atoms. The van der Waals surface area contributed by atoms with Crippen molar-refractivity contribution in [2.75, 3.05) is 18.4 Å². The molecule has 0 aliphatic carbocycles. The second-order valence-corrected chi connectivity index (χ2v) is 8.17. The van der Waals surface area contributed by atoms with Gasteiger partial charge >= 0.3 is 0 Å². The highest BCUT2D eigenvalue weighted by atomic mass is 35.5. The van der Waals surface area contributed by atoms with E-state index in [-0.39, 0.29) is 12.2 Å². The van der Waals surface area contributed by atoms with E-state index in [0.29, 0.717) is 20.7 Å². The van der Waals surface area contributed by atoms with E-state index in [1.165, 1.54) is 0 Å². The molecule has 142 valence electrons. The molecule has 0 aromatic heterocycles. The van der Waals surface area contributed by atoms with Gasteiger partial charge in [0.15, 0.2) is 0 Å². The van der Waals surface area contributed by atoms with Crippen LogP contribution in [0, 0.1) is 11.8 Å². The lowest BCUT2D eigenvalue weighted by atomic mass is 9.98. The van der Waals surface area contributed by atoms with Gasteiger partial charge in [0.25, 0.3) is 0 Å². The standard InChI is InChI=1S/C17H23Cl2N5OS/c1-9-4-6-24(7-5-9)17-22-14(20)13(15(25)23-17)16(26)21-10-2-3-11(18)12(19)8-10/h2-3,8-9,13-14,17,22H,4-7,20H2,1H3,(H,21,26)(H,23,25). The van der Waals surface area contributed by atoms with E-state index in [2.05, 4.69) is 27.8 Å². The van der Waals surface area contributed by atoms with Crippen molar-refractivity contribution in [2.24, 2.45) is 17.6 Å². The molecule has 26 heavy (non-hydrogen) atoms. The van der Waals surface area contributed by atoms with Crippen LogP contribution in [-0.4, -0.2) is 41.3 Å². The predicted octanol–water partition coefficient (Wildman–Crippen LogP) is 2.37. The summed E-state index contributed by atoms with van der Waals surface area (Å²) < 4.78 is 0. The fourth-order valence-corrected chi connectivity index (χ4v) is 3.94. The summed E-state index contributed by atoms with van der Waals surface area (Å²) in [6, 6.07) is 5.08. The summed E-state index contributed by atoms with van der Waals surface area (Å²) in [5.41, 5.74) is 6.89. The van der Waals surface area contributed by atoms with E-state index in [1.807, 2.05) is 0 Å². The van der Waals surface area contributed by atoms with Crippen molar-refractivity contribution in [3.8, 4) is 0 Å². The van der Waals surface area contributed by atoms with E-state index in [4.69, 9.17) is 41.2 Å². The van der Waals surface area contributed by atoms with Crippen molar-refractivity contribution in [1.29, 1.82) is 0 Å². The number of hydrogen-bond donors (Lipinski definition) is 4. The number of halogens is 2. The van der Waals surface area contributed by atoms with Crippen LogP contribution >= 0.6 is 35.4 Å². The first kappa shape index (κ1) is 19.8. The van der Waals surface area contributed by atoms with Crippen LogP contribution in [0.3, 0.4) is 0 Å². The molecule has 1 aromatic carbocycles. The van der Waals surface area contributed by atoms with Gasteiger partial charge in [-0.3, -0.25) is 15.0 Å². The SMILES string of the molecule is CC1CCN(C2NC(=O)C(C(=S)Nc3ccc(Cl)c(Cl)c3)C(N)N2)CC1. The number of hydrogen-bond acceptors (Lipinski definition) is 5. The lowest BCUT2D eigenvalue weighted by Gasteiger charge is -2.43. The molecule has 1 amide bonds. The quantitative estimate of drug-likeness (QED) is 0.567. The summed E-state index contributed by atoms with van der Waals surface area (Å²) in [4.78, 5) is 15.2. The molecule has 2 aliphatic heterocycles. The first-order valence-corrected chi connectivity index (χ1v) is 9.83. The fraction of sp³-hybridized carbons (Fsp3) is 0.529. The van der Waals surface area contributed by atoms with Gasteiger partial charge in [-0.1, -0.05) is 42.3 Å². The van der Waals surface area contributed by atoms with Crippen LogP contribution in [0.25, 0.3) is 0 Å². The van der Waals surface area contributed by atoms with Crippen LogP contribution < -0.4 is 21.7 Å². The normalized spacial score (nSPS) is 27.8. The molecular formula is C17H23Cl2N5OS. The maximum atomic E-state index is 12.6. The maximum Gasteiger partial charge on any atom is 0.235 e. The van der Waals surface area contributed by atoms with Gasteiger partial charge in [-0.05, 0) is 37.0 Å². The van der Waals surface area contributed by atoms with Crippen LogP contribution in [0.5, 0.6) is 0 Å². The highest BCUT2D eigenvalue weighted by molar-refractivity contribution is 7.80. The Morgan fingerprint density at radius 3 is 2.62 bits per heavy atom. The number of likely N-dealkylation sites (tertiary alicyclic amines) is 1. The third-order valence-electron chi connectivity index (χ3n) is 4.92. The van der Waals surface area contributed by atoms with Crippen LogP contribution in [0.4, 0.5) is 5.69 Å². The monoisotopic (exact) mass is 415 g/mol. The lowest BCUT2D eigenvalue weighted by molar-refractivity contribution is -0.129. The van der Waals surface area contributed by atoms with Gasteiger partial charge in [0.1, 0.15) is 12.2 Å². The number of benzene rings is 1. The molecule has 1 aromatic rings. The molecule has 6 nitrogen and oxygen atoms in total. The van der Waals surface area contributed by atoms with Gasteiger partial charge in [0, 0.05) is 18.8 Å². The zero-order valence-corrected chi connectivity index (χ0v) is 16.8. The number of amides is 1.